The SMILES string of the molecule is O=C1c2ccccc2C(=O)N1c1cc(SC(F)(F)F)ccc1O. The van der Waals surface area contributed by atoms with Crippen LogP contribution in [0.4, 0.5) is 18.9 Å². The van der Waals surface area contributed by atoms with Crippen LogP contribution in [0, 0.1) is 0 Å². The number of rotatable bonds is 2. The summed E-state index contributed by atoms with van der Waals surface area (Å²) in [4.78, 5) is 25.1. The Morgan fingerprint density at radius 2 is 1.52 bits per heavy atom. The van der Waals surface area contributed by atoms with Gasteiger partial charge in [-0.3, -0.25) is 9.59 Å². The summed E-state index contributed by atoms with van der Waals surface area (Å²) < 4.78 is 37.4. The van der Waals surface area contributed by atoms with Crippen LogP contribution in [0.25, 0.3) is 0 Å². The van der Waals surface area contributed by atoms with Gasteiger partial charge in [-0.2, -0.15) is 13.2 Å². The summed E-state index contributed by atoms with van der Waals surface area (Å²) in [6, 6.07) is 9.09. The van der Waals surface area contributed by atoms with Gasteiger partial charge in [0.2, 0.25) is 0 Å². The summed E-state index contributed by atoms with van der Waals surface area (Å²) in [5.41, 5.74) is -4.50. The lowest BCUT2D eigenvalue weighted by Gasteiger charge is -2.16. The smallest absolute Gasteiger partial charge is 0.446 e. The molecule has 118 valence electrons. The molecule has 8 heteroatoms. The highest BCUT2D eigenvalue weighted by atomic mass is 32.2. The summed E-state index contributed by atoms with van der Waals surface area (Å²) >= 11 is -0.392. The van der Waals surface area contributed by atoms with Gasteiger partial charge in [0, 0.05) is 4.90 Å². The number of hydrogen-bond donors (Lipinski definition) is 1. The van der Waals surface area contributed by atoms with Crippen molar-refractivity contribution in [3.05, 3.63) is 53.6 Å². The molecule has 0 aliphatic carbocycles. The Bertz CT molecular complexity index is 785. The molecule has 1 heterocycles. The topological polar surface area (TPSA) is 57.6 Å². The standard InChI is InChI=1S/C15H8F3NO3S/c16-15(17,18)23-8-5-6-12(20)11(7-8)19-13(21)9-3-1-2-4-10(9)14(19)22/h1-7,20H. The number of anilines is 1. The Hall–Kier alpha value is -2.48. The summed E-state index contributed by atoms with van der Waals surface area (Å²) in [7, 11) is 0. The first kappa shape index (κ1) is 15.4. The van der Waals surface area contributed by atoms with Crippen molar-refractivity contribution >= 4 is 29.3 Å². The van der Waals surface area contributed by atoms with Crippen molar-refractivity contribution in [2.45, 2.75) is 10.4 Å². The molecule has 0 fully saturated rings. The van der Waals surface area contributed by atoms with Crippen molar-refractivity contribution in [2.24, 2.45) is 0 Å². The third kappa shape index (κ3) is 2.77. The molecule has 0 aromatic heterocycles. The molecule has 0 radical (unpaired) electrons. The third-order valence-electron chi connectivity index (χ3n) is 3.22. The van der Waals surface area contributed by atoms with E-state index >= 15 is 0 Å². The monoisotopic (exact) mass is 339 g/mol. The summed E-state index contributed by atoms with van der Waals surface area (Å²) in [6.07, 6.45) is 0. The number of phenols is 1. The van der Waals surface area contributed by atoms with Gasteiger partial charge in [-0.25, -0.2) is 4.90 Å². The molecule has 0 atom stereocenters. The second-order valence-corrected chi connectivity index (χ2v) is 5.83. The number of fused-ring (bicyclic) bond motifs is 1. The predicted molar refractivity (Wildman–Crippen MR) is 77.6 cm³/mol. The normalized spacial score (nSPS) is 14.3. The molecule has 3 rings (SSSR count). The van der Waals surface area contributed by atoms with Gasteiger partial charge in [0.25, 0.3) is 11.8 Å². The van der Waals surface area contributed by atoms with Gasteiger partial charge < -0.3 is 5.11 Å². The molecule has 0 unspecified atom stereocenters. The number of thioether (sulfide) groups is 1. The fraction of sp³-hybridized carbons (Fsp3) is 0.0667. The quantitative estimate of drug-likeness (QED) is 0.668. The van der Waals surface area contributed by atoms with Gasteiger partial charge in [-0.15, -0.1) is 0 Å². The molecule has 1 aliphatic heterocycles. The average Bonchev–Trinajstić information content (AvgIpc) is 2.72. The highest BCUT2D eigenvalue weighted by molar-refractivity contribution is 8.00. The van der Waals surface area contributed by atoms with Crippen LogP contribution in [0.3, 0.4) is 0 Å². The van der Waals surface area contributed by atoms with E-state index in [9.17, 15) is 27.9 Å². The average molecular weight is 339 g/mol. The lowest BCUT2D eigenvalue weighted by atomic mass is 10.1. The molecule has 0 saturated heterocycles. The zero-order valence-corrected chi connectivity index (χ0v) is 12.1. The summed E-state index contributed by atoms with van der Waals surface area (Å²) in [5, 5.41) is 9.87. The van der Waals surface area contributed by atoms with Crippen molar-refractivity contribution in [2.75, 3.05) is 4.90 Å². The molecule has 0 saturated carbocycles. The fourth-order valence-corrected chi connectivity index (χ4v) is 2.86. The zero-order chi connectivity index (χ0) is 16.8. The van der Waals surface area contributed by atoms with E-state index in [2.05, 4.69) is 0 Å². The molecule has 4 nitrogen and oxygen atoms in total. The maximum absolute atomic E-state index is 12.5. The summed E-state index contributed by atoms with van der Waals surface area (Å²) in [5.74, 6) is -1.82. The van der Waals surface area contributed by atoms with Crippen molar-refractivity contribution in [3.8, 4) is 5.75 Å². The van der Waals surface area contributed by atoms with Gasteiger partial charge in [-0.05, 0) is 42.1 Å². The maximum Gasteiger partial charge on any atom is 0.446 e. The van der Waals surface area contributed by atoms with Crippen molar-refractivity contribution in [3.63, 3.8) is 0 Å². The number of nitrogens with zero attached hydrogens (tertiary/aromatic N) is 1. The fourth-order valence-electron chi connectivity index (χ4n) is 2.29. The van der Waals surface area contributed by atoms with E-state index in [4.69, 9.17) is 0 Å². The van der Waals surface area contributed by atoms with Crippen LogP contribution in [0.15, 0.2) is 47.4 Å². The van der Waals surface area contributed by atoms with E-state index in [1.807, 2.05) is 0 Å². The van der Waals surface area contributed by atoms with Gasteiger partial charge in [0.15, 0.2) is 0 Å². The van der Waals surface area contributed by atoms with Crippen LogP contribution in [0.1, 0.15) is 20.7 Å². The number of carbonyl (C=O) groups is 2. The number of halogens is 3. The molecular formula is C15H8F3NO3S. The van der Waals surface area contributed by atoms with E-state index in [0.29, 0.717) is 4.90 Å². The van der Waals surface area contributed by atoms with Crippen molar-refractivity contribution in [1.29, 1.82) is 0 Å². The largest absolute Gasteiger partial charge is 0.506 e. The molecule has 2 aromatic carbocycles. The van der Waals surface area contributed by atoms with E-state index in [0.717, 1.165) is 18.2 Å². The molecule has 0 bridgehead atoms. The van der Waals surface area contributed by atoms with Crippen LogP contribution >= 0.6 is 11.8 Å². The lowest BCUT2D eigenvalue weighted by molar-refractivity contribution is -0.0328. The molecule has 1 aliphatic rings. The van der Waals surface area contributed by atoms with Gasteiger partial charge in [0.1, 0.15) is 5.75 Å². The minimum absolute atomic E-state index is 0.144. The number of hydrogen-bond acceptors (Lipinski definition) is 4. The van der Waals surface area contributed by atoms with E-state index < -0.39 is 34.8 Å². The lowest BCUT2D eigenvalue weighted by Crippen LogP contribution is -2.29. The van der Waals surface area contributed by atoms with Crippen LogP contribution in [0.5, 0.6) is 5.75 Å². The molecule has 0 spiro atoms. The van der Waals surface area contributed by atoms with Crippen LogP contribution < -0.4 is 4.90 Å². The number of aromatic hydroxyl groups is 1. The maximum atomic E-state index is 12.5. The van der Waals surface area contributed by atoms with Crippen molar-refractivity contribution in [1.82, 2.24) is 0 Å². The van der Waals surface area contributed by atoms with Crippen LogP contribution in [0.2, 0.25) is 0 Å². The van der Waals surface area contributed by atoms with Crippen molar-refractivity contribution < 1.29 is 27.9 Å². The predicted octanol–water partition coefficient (Wildman–Crippen LogP) is 3.80. The van der Waals surface area contributed by atoms with Crippen LogP contribution in [-0.4, -0.2) is 22.4 Å². The first-order valence-corrected chi connectivity index (χ1v) is 7.16. The van der Waals surface area contributed by atoms with Gasteiger partial charge in [0.05, 0.1) is 16.8 Å². The Morgan fingerprint density at radius 1 is 0.957 bits per heavy atom. The summed E-state index contributed by atoms with van der Waals surface area (Å²) in [6.45, 7) is 0. The Kier molecular flexibility index (Phi) is 3.56. The van der Waals surface area contributed by atoms with E-state index in [1.165, 1.54) is 12.1 Å². The van der Waals surface area contributed by atoms with Gasteiger partial charge >= 0.3 is 5.51 Å². The molecule has 2 amide bonds. The number of amides is 2. The Labute approximate surface area is 132 Å². The number of benzene rings is 2. The third-order valence-corrected chi connectivity index (χ3v) is 3.94. The second kappa shape index (κ2) is 5.31. The van der Waals surface area contributed by atoms with E-state index in [1.54, 1.807) is 12.1 Å². The van der Waals surface area contributed by atoms with E-state index in [-0.39, 0.29) is 21.7 Å². The number of imide groups is 1. The molecular weight excluding hydrogens is 331 g/mol. The first-order chi connectivity index (χ1) is 10.8. The second-order valence-electron chi connectivity index (χ2n) is 4.69. The Morgan fingerprint density at radius 3 is 2.04 bits per heavy atom. The highest BCUT2D eigenvalue weighted by Crippen LogP contribution is 2.41. The molecule has 23 heavy (non-hydrogen) atoms. The zero-order valence-electron chi connectivity index (χ0n) is 11.3. The number of phenolic OH excluding ortho intramolecular Hbond substituents is 1. The minimum Gasteiger partial charge on any atom is -0.506 e. The number of carbonyl (C=O) groups excluding carboxylic acids is 2. The highest BCUT2D eigenvalue weighted by Gasteiger charge is 2.38. The Balaban J connectivity index is 2.04. The number of alkyl halides is 3. The first-order valence-electron chi connectivity index (χ1n) is 6.34. The minimum atomic E-state index is -4.52. The molecule has 1 N–H and O–H groups in total. The van der Waals surface area contributed by atoms with Crippen LogP contribution in [-0.2, 0) is 0 Å². The molecule has 2 aromatic rings. The van der Waals surface area contributed by atoms with Gasteiger partial charge in [-0.1, -0.05) is 12.1 Å².